The second-order valence-electron chi connectivity index (χ2n) is 3.48. The van der Waals surface area contributed by atoms with Gasteiger partial charge in [0.1, 0.15) is 5.75 Å². The molecule has 0 radical (unpaired) electrons. The molecule has 0 aliphatic carbocycles. The molecule has 1 aromatic carbocycles. The van der Waals surface area contributed by atoms with Gasteiger partial charge in [-0.1, -0.05) is 24.3 Å². The zero-order valence-electron chi connectivity index (χ0n) is 9.81. The van der Waals surface area contributed by atoms with Crippen LogP contribution in [0.3, 0.4) is 0 Å². The van der Waals surface area contributed by atoms with Crippen LogP contribution in [0.4, 0.5) is 0 Å². The van der Waals surface area contributed by atoms with E-state index in [1.54, 1.807) is 7.11 Å². The molecule has 0 bridgehead atoms. The Bertz CT molecular complexity index is 355. The Kier molecular flexibility index (Phi) is 5.86. The summed E-state index contributed by atoms with van der Waals surface area (Å²) in [5.41, 5.74) is 1.20. The van der Waals surface area contributed by atoms with E-state index in [0.717, 1.165) is 17.9 Å². The van der Waals surface area contributed by atoms with E-state index in [-0.39, 0.29) is 0 Å². The monoisotopic (exact) mass is 238 g/mol. The second-order valence-corrected chi connectivity index (χ2v) is 5.10. The fraction of sp³-hybridized carbons (Fsp3) is 0.385. The van der Waals surface area contributed by atoms with Gasteiger partial charge in [-0.3, -0.25) is 4.21 Å². The van der Waals surface area contributed by atoms with Crippen LogP contribution in [0.15, 0.2) is 36.4 Å². The Morgan fingerprint density at radius 1 is 1.31 bits per heavy atom. The number of ether oxygens (including phenoxy) is 1. The molecular weight excluding hydrogens is 220 g/mol. The lowest BCUT2D eigenvalue weighted by Gasteiger charge is -2.03. The van der Waals surface area contributed by atoms with Gasteiger partial charge in [-0.15, -0.1) is 0 Å². The quantitative estimate of drug-likeness (QED) is 0.712. The Morgan fingerprint density at radius 2 is 2.00 bits per heavy atom. The molecule has 3 heteroatoms. The summed E-state index contributed by atoms with van der Waals surface area (Å²) in [4.78, 5) is 0. The number of hydrogen-bond donors (Lipinski definition) is 0. The molecule has 88 valence electrons. The summed E-state index contributed by atoms with van der Waals surface area (Å²) in [6.07, 6.45) is 4.74. The van der Waals surface area contributed by atoms with Gasteiger partial charge in [0, 0.05) is 22.3 Å². The van der Waals surface area contributed by atoms with Crippen LogP contribution in [-0.4, -0.2) is 22.8 Å². The Morgan fingerprint density at radius 3 is 2.56 bits per heavy atom. The van der Waals surface area contributed by atoms with Crippen LogP contribution in [0.25, 0.3) is 0 Å². The van der Waals surface area contributed by atoms with Gasteiger partial charge in [-0.25, -0.2) is 0 Å². The average Bonchev–Trinajstić information content (AvgIpc) is 2.34. The van der Waals surface area contributed by atoms with Crippen molar-refractivity contribution in [3.63, 3.8) is 0 Å². The van der Waals surface area contributed by atoms with Gasteiger partial charge in [0.15, 0.2) is 0 Å². The Hall–Kier alpha value is -1.09. The minimum Gasteiger partial charge on any atom is -0.497 e. The van der Waals surface area contributed by atoms with Crippen molar-refractivity contribution in [1.82, 2.24) is 0 Å². The number of allylic oxidation sites excluding steroid dienone is 1. The van der Waals surface area contributed by atoms with E-state index < -0.39 is 10.8 Å². The van der Waals surface area contributed by atoms with Gasteiger partial charge >= 0.3 is 0 Å². The molecule has 1 unspecified atom stereocenters. The van der Waals surface area contributed by atoms with Crippen LogP contribution in [0.2, 0.25) is 0 Å². The van der Waals surface area contributed by atoms with Crippen LogP contribution in [0, 0.1) is 0 Å². The predicted octanol–water partition coefficient (Wildman–Crippen LogP) is 2.56. The number of benzene rings is 1. The number of hydrogen-bond acceptors (Lipinski definition) is 2. The summed E-state index contributed by atoms with van der Waals surface area (Å²) < 4.78 is 16.6. The zero-order chi connectivity index (χ0) is 11.8. The highest BCUT2D eigenvalue weighted by molar-refractivity contribution is 7.85. The van der Waals surface area contributed by atoms with E-state index in [9.17, 15) is 4.21 Å². The molecule has 2 nitrogen and oxygen atoms in total. The van der Waals surface area contributed by atoms with Crippen molar-refractivity contribution in [2.75, 3.05) is 18.6 Å². The Labute approximate surface area is 99.8 Å². The molecular formula is C13H18O2S. The fourth-order valence-corrected chi connectivity index (χ4v) is 2.35. The van der Waals surface area contributed by atoms with E-state index in [1.807, 2.05) is 43.3 Å². The van der Waals surface area contributed by atoms with Crippen molar-refractivity contribution in [3.05, 3.63) is 42.0 Å². The van der Waals surface area contributed by atoms with E-state index in [2.05, 4.69) is 0 Å². The molecule has 0 aromatic heterocycles. The molecule has 0 saturated heterocycles. The minimum absolute atomic E-state index is 0.659. The maximum atomic E-state index is 11.5. The molecule has 0 aliphatic heterocycles. The first-order valence-electron chi connectivity index (χ1n) is 5.35. The SMILES string of the molecule is C/C=C/CS(=O)CCc1ccc(OC)cc1. The molecule has 0 fully saturated rings. The van der Waals surface area contributed by atoms with Crippen LogP contribution in [0.1, 0.15) is 12.5 Å². The minimum atomic E-state index is -0.746. The summed E-state index contributed by atoms with van der Waals surface area (Å²) in [5.74, 6) is 2.24. The topological polar surface area (TPSA) is 26.3 Å². The number of aryl methyl sites for hydroxylation is 1. The molecule has 1 atom stereocenters. The molecule has 0 amide bonds. The summed E-state index contributed by atoms with van der Waals surface area (Å²) >= 11 is 0. The molecule has 0 N–H and O–H groups in total. The van der Waals surface area contributed by atoms with Crippen LogP contribution in [0.5, 0.6) is 5.75 Å². The van der Waals surface area contributed by atoms with Crippen molar-refractivity contribution >= 4 is 10.8 Å². The van der Waals surface area contributed by atoms with Gasteiger partial charge in [0.05, 0.1) is 7.11 Å². The molecule has 1 aromatic rings. The highest BCUT2D eigenvalue weighted by Crippen LogP contribution is 2.11. The zero-order valence-corrected chi connectivity index (χ0v) is 10.6. The van der Waals surface area contributed by atoms with E-state index in [0.29, 0.717) is 5.75 Å². The van der Waals surface area contributed by atoms with Crippen LogP contribution < -0.4 is 4.74 Å². The lowest BCUT2D eigenvalue weighted by atomic mass is 10.2. The molecule has 1 rings (SSSR count). The molecule has 0 spiro atoms. The molecule has 0 heterocycles. The lowest BCUT2D eigenvalue weighted by molar-refractivity contribution is 0.414. The first-order chi connectivity index (χ1) is 7.76. The smallest absolute Gasteiger partial charge is 0.118 e. The first kappa shape index (κ1) is 13.0. The maximum absolute atomic E-state index is 11.5. The number of rotatable bonds is 6. The highest BCUT2D eigenvalue weighted by atomic mass is 32.2. The molecule has 0 saturated carbocycles. The summed E-state index contributed by atoms with van der Waals surface area (Å²) in [6.45, 7) is 1.95. The Balaban J connectivity index is 2.39. The van der Waals surface area contributed by atoms with Gasteiger partial charge in [0.2, 0.25) is 0 Å². The van der Waals surface area contributed by atoms with E-state index in [1.165, 1.54) is 5.56 Å². The maximum Gasteiger partial charge on any atom is 0.118 e. The predicted molar refractivity (Wildman–Crippen MR) is 69.4 cm³/mol. The van der Waals surface area contributed by atoms with Crippen LogP contribution >= 0.6 is 0 Å². The third kappa shape index (κ3) is 4.62. The highest BCUT2D eigenvalue weighted by Gasteiger charge is 1.99. The van der Waals surface area contributed by atoms with Gasteiger partial charge in [-0.2, -0.15) is 0 Å². The van der Waals surface area contributed by atoms with Gasteiger partial charge in [0.25, 0.3) is 0 Å². The van der Waals surface area contributed by atoms with Crippen molar-refractivity contribution in [2.45, 2.75) is 13.3 Å². The van der Waals surface area contributed by atoms with E-state index >= 15 is 0 Å². The van der Waals surface area contributed by atoms with Gasteiger partial charge in [-0.05, 0) is 31.0 Å². The normalized spacial score (nSPS) is 12.9. The third-order valence-electron chi connectivity index (χ3n) is 2.30. The van der Waals surface area contributed by atoms with Crippen molar-refractivity contribution in [2.24, 2.45) is 0 Å². The van der Waals surface area contributed by atoms with Gasteiger partial charge < -0.3 is 4.74 Å². The summed E-state index contributed by atoms with van der Waals surface area (Å²) in [6, 6.07) is 7.91. The summed E-state index contributed by atoms with van der Waals surface area (Å²) in [7, 11) is 0.908. The van der Waals surface area contributed by atoms with Crippen molar-refractivity contribution in [1.29, 1.82) is 0 Å². The second kappa shape index (κ2) is 7.23. The standard InChI is InChI=1S/C13H18O2S/c1-3-4-10-16(14)11-9-12-5-7-13(15-2)8-6-12/h3-8H,9-11H2,1-2H3/b4-3+. The first-order valence-corrected chi connectivity index (χ1v) is 6.84. The lowest BCUT2D eigenvalue weighted by Crippen LogP contribution is -2.03. The van der Waals surface area contributed by atoms with E-state index in [4.69, 9.17) is 4.74 Å². The molecule has 16 heavy (non-hydrogen) atoms. The van der Waals surface area contributed by atoms with Crippen LogP contribution in [-0.2, 0) is 17.2 Å². The van der Waals surface area contributed by atoms with Crippen molar-refractivity contribution in [3.8, 4) is 5.75 Å². The largest absolute Gasteiger partial charge is 0.497 e. The average molecular weight is 238 g/mol. The third-order valence-corrected chi connectivity index (χ3v) is 3.52. The van der Waals surface area contributed by atoms with Crippen molar-refractivity contribution < 1.29 is 8.95 Å². The number of methoxy groups -OCH3 is 1. The molecule has 0 aliphatic rings. The summed E-state index contributed by atoms with van der Waals surface area (Å²) in [5, 5.41) is 0. The fourth-order valence-electron chi connectivity index (χ4n) is 1.31.